The minimum absolute atomic E-state index is 0.109. The average Bonchev–Trinajstić information content (AvgIpc) is 2.30. The molecule has 0 unspecified atom stereocenters. The van der Waals surface area contributed by atoms with Gasteiger partial charge in [-0.25, -0.2) is 0 Å². The number of alkyl halides is 1. The Morgan fingerprint density at radius 3 is 2.50 bits per heavy atom. The molecular formula is C15H19F. The SMILES string of the molecule is CC(C)(CC=C=CCCF)c1ccccc1. The molecule has 0 spiro atoms. The molecule has 86 valence electrons. The summed E-state index contributed by atoms with van der Waals surface area (Å²) < 4.78 is 11.8. The fourth-order valence-corrected chi connectivity index (χ4v) is 1.54. The van der Waals surface area contributed by atoms with Gasteiger partial charge < -0.3 is 0 Å². The van der Waals surface area contributed by atoms with Gasteiger partial charge in [-0.05, 0) is 29.6 Å². The summed E-state index contributed by atoms with van der Waals surface area (Å²) in [5, 5.41) is 0. The van der Waals surface area contributed by atoms with E-state index in [1.807, 2.05) is 12.1 Å². The van der Waals surface area contributed by atoms with Crippen molar-refractivity contribution in [3.8, 4) is 0 Å². The summed E-state index contributed by atoms with van der Waals surface area (Å²) in [4.78, 5) is 0. The van der Waals surface area contributed by atoms with Gasteiger partial charge in [-0.15, -0.1) is 5.73 Å². The molecule has 1 rings (SSSR count). The fraction of sp³-hybridized carbons (Fsp3) is 0.400. The average molecular weight is 218 g/mol. The second kappa shape index (κ2) is 6.30. The molecule has 0 amide bonds. The number of hydrogen-bond donors (Lipinski definition) is 0. The second-order valence-corrected chi connectivity index (χ2v) is 4.51. The molecule has 0 atom stereocenters. The molecule has 1 aromatic rings. The Balaban J connectivity index is 2.62. The minimum atomic E-state index is -0.303. The maximum atomic E-state index is 11.8. The third kappa shape index (κ3) is 4.04. The second-order valence-electron chi connectivity index (χ2n) is 4.51. The quantitative estimate of drug-likeness (QED) is 0.641. The van der Waals surface area contributed by atoms with Gasteiger partial charge in [0.15, 0.2) is 0 Å². The highest BCUT2D eigenvalue weighted by molar-refractivity contribution is 5.24. The molecule has 0 aliphatic heterocycles. The molecule has 0 N–H and O–H groups in total. The minimum Gasteiger partial charge on any atom is -0.251 e. The zero-order chi connectivity index (χ0) is 11.9. The van der Waals surface area contributed by atoms with Crippen LogP contribution in [0.25, 0.3) is 0 Å². The lowest BCUT2D eigenvalue weighted by Crippen LogP contribution is -2.15. The Morgan fingerprint density at radius 2 is 1.88 bits per heavy atom. The first-order valence-corrected chi connectivity index (χ1v) is 5.68. The normalized spacial score (nSPS) is 10.7. The third-order valence-electron chi connectivity index (χ3n) is 2.66. The van der Waals surface area contributed by atoms with Gasteiger partial charge in [0.1, 0.15) is 0 Å². The zero-order valence-electron chi connectivity index (χ0n) is 10.0. The van der Waals surface area contributed by atoms with Crippen molar-refractivity contribution in [3.63, 3.8) is 0 Å². The predicted octanol–water partition coefficient (Wildman–Crippen LogP) is 4.43. The lowest BCUT2D eigenvalue weighted by atomic mass is 9.82. The number of hydrogen-bond acceptors (Lipinski definition) is 0. The van der Waals surface area contributed by atoms with Crippen LogP contribution in [-0.2, 0) is 5.41 Å². The molecule has 0 bridgehead atoms. The molecule has 0 radical (unpaired) electrons. The van der Waals surface area contributed by atoms with Crippen LogP contribution in [-0.4, -0.2) is 6.67 Å². The van der Waals surface area contributed by atoms with Crippen LogP contribution in [0.1, 0.15) is 32.3 Å². The van der Waals surface area contributed by atoms with E-state index in [0.717, 1.165) is 6.42 Å². The Bertz CT molecular complexity index is 356. The van der Waals surface area contributed by atoms with Gasteiger partial charge >= 0.3 is 0 Å². The Kier molecular flexibility index (Phi) is 5.01. The van der Waals surface area contributed by atoms with Gasteiger partial charge in [0.05, 0.1) is 6.67 Å². The number of rotatable bonds is 5. The van der Waals surface area contributed by atoms with Gasteiger partial charge in [-0.3, -0.25) is 4.39 Å². The zero-order valence-corrected chi connectivity index (χ0v) is 10.0. The highest BCUT2D eigenvalue weighted by atomic mass is 19.1. The smallest absolute Gasteiger partial charge is 0.0934 e. The summed E-state index contributed by atoms with van der Waals surface area (Å²) in [6.07, 6.45) is 5.12. The molecule has 0 nitrogen and oxygen atoms in total. The molecule has 1 heteroatoms. The van der Waals surface area contributed by atoms with Crippen molar-refractivity contribution in [2.45, 2.75) is 32.1 Å². The van der Waals surface area contributed by atoms with E-state index in [1.165, 1.54) is 5.56 Å². The van der Waals surface area contributed by atoms with E-state index in [-0.39, 0.29) is 12.1 Å². The molecule has 16 heavy (non-hydrogen) atoms. The number of benzene rings is 1. The van der Waals surface area contributed by atoms with Gasteiger partial charge in [0.25, 0.3) is 0 Å². The topological polar surface area (TPSA) is 0 Å². The summed E-state index contributed by atoms with van der Waals surface area (Å²) in [6, 6.07) is 10.4. The van der Waals surface area contributed by atoms with Crippen molar-refractivity contribution in [3.05, 3.63) is 53.8 Å². The summed E-state index contributed by atoms with van der Waals surface area (Å²) >= 11 is 0. The fourth-order valence-electron chi connectivity index (χ4n) is 1.54. The van der Waals surface area contributed by atoms with Gasteiger partial charge in [-0.2, -0.15) is 0 Å². The maximum absolute atomic E-state index is 11.8. The molecule has 0 fully saturated rings. The largest absolute Gasteiger partial charge is 0.251 e. The molecule has 0 aliphatic rings. The number of allylic oxidation sites excluding steroid dienone is 1. The van der Waals surface area contributed by atoms with Crippen molar-refractivity contribution in [2.24, 2.45) is 0 Å². The van der Waals surface area contributed by atoms with Crippen LogP contribution >= 0.6 is 0 Å². The monoisotopic (exact) mass is 218 g/mol. The summed E-state index contributed by atoms with van der Waals surface area (Å²) in [5.74, 6) is 0. The number of halogens is 1. The van der Waals surface area contributed by atoms with Crippen molar-refractivity contribution >= 4 is 0 Å². The molecule has 0 saturated heterocycles. The van der Waals surface area contributed by atoms with Crippen LogP contribution in [0.3, 0.4) is 0 Å². The van der Waals surface area contributed by atoms with E-state index in [0.29, 0.717) is 6.42 Å². The molecular weight excluding hydrogens is 199 g/mol. The molecule has 0 aliphatic carbocycles. The van der Waals surface area contributed by atoms with Crippen LogP contribution in [0, 0.1) is 0 Å². The first-order valence-electron chi connectivity index (χ1n) is 5.68. The van der Waals surface area contributed by atoms with Gasteiger partial charge in [0.2, 0.25) is 0 Å². The van der Waals surface area contributed by atoms with Crippen molar-refractivity contribution < 1.29 is 4.39 Å². The van der Waals surface area contributed by atoms with E-state index in [9.17, 15) is 4.39 Å². The summed E-state index contributed by atoms with van der Waals surface area (Å²) in [5.41, 5.74) is 4.45. The van der Waals surface area contributed by atoms with E-state index in [1.54, 1.807) is 6.08 Å². The van der Waals surface area contributed by atoms with Crippen LogP contribution in [0.4, 0.5) is 4.39 Å². The van der Waals surface area contributed by atoms with Crippen LogP contribution in [0.2, 0.25) is 0 Å². The molecule has 0 aromatic heterocycles. The van der Waals surface area contributed by atoms with E-state index in [2.05, 4.69) is 43.8 Å². The van der Waals surface area contributed by atoms with Crippen LogP contribution < -0.4 is 0 Å². The molecule has 0 heterocycles. The van der Waals surface area contributed by atoms with E-state index < -0.39 is 0 Å². The third-order valence-corrected chi connectivity index (χ3v) is 2.66. The first-order chi connectivity index (χ1) is 7.67. The summed E-state index contributed by atoms with van der Waals surface area (Å²) in [6.45, 7) is 4.11. The Labute approximate surface area is 97.5 Å². The highest BCUT2D eigenvalue weighted by Gasteiger charge is 2.17. The standard InChI is InChI=1S/C15H19F/c1-15(2,12-8-3-4-9-13-16)14-10-6-5-7-11-14/h4-8,10-11H,9,12-13H2,1-2H3. The van der Waals surface area contributed by atoms with Crippen LogP contribution in [0.15, 0.2) is 48.2 Å². The van der Waals surface area contributed by atoms with Crippen LogP contribution in [0.5, 0.6) is 0 Å². The highest BCUT2D eigenvalue weighted by Crippen LogP contribution is 2.26. The Morgan fingerprint density at radius 1 is 1.19 bits per heavy atom. The van der Waals surface area contributed by atoms with Crippen molar-refractivity contribution in [1.82, 2.24) is 0 Å². The van der Waals surface area contributed by atoms with E-state index >= 15 is 0 Å². The lowest BCUT2D eigenvalue weighted by Gasteiger charge is -2.23. The maximum Gasteiger partial charge on any atom is 0.0934 e. The van der Waals surface area contributed by atoms with Gasteiger partial charge in [-0.1, -0.05) is 44.2 Å². The van der Waals surface area contributed by atoms with E-state index in [4.69, 9.17) is 0 Å². The van der Waals surface area contributed by atoms with Crippen molar-refractivity contribution in [2.75, 3.05) is 6.67 Å². The molecule has 1 aromatic carbocycles. The summed E-state index contributed by atoms with van der Waals surface area (Å²) in [7, 11) is 0. The molecule has 0 saturated carbocycles. The van der Waals surface area contributed by atoms with Gasteiger partial charge in [0, 0.05) is 6.42 Å². The predicted molar refractivity (Wildman–Crippen MR) is 67.3 cm³/mol. The lowest BCUT2D eigenvalue weighted by molar-refractivity contribution is 0.501. The first kappa shape index (κ1) is 12.7. The van der Waals surface area contributed by atoms with Crippen molar-refractivity contribution in [1.29, 1.82) is 0 Å². The Hall–Kier alpha value is -1.33.